The molecule has 0 radical (unpaired) electrons. The van der Waals surface area contributed by atoms with Crippen molar-refractivity contribution in [3.8, 4) is 29.6 Å². The van der Waals surface area contributed by atoms with Crippen molar-refractivity contribution in [3.05, 3.63) is 53.7 Å². The summed E-state index contributed by atoms with van der Waals surface area (Å²) in [6.07, 6.45) is 11.7. The van der Waals surface area contributed by atoms with Crippen molar-refractivity contribution in [3.63, 3.8) is 0 Å². The van der Waals surface area contributed by atoms with Gasteiger partial charge in [0, 0.05) is 50.4 Å². The number of ether oxygens (including phenoxy) is 3. The van der Waals surface area contributed by atoms with Crippen molar-refractivity contribution in [1.82, 2.24) is 29.7 Å². The molecule has 4 aliphatic rings. The zero-order valence-electron chi connectivity index (χ0n) is 32.5. The Balaban J connectivity index is 1.17. The molecule has 2 aromatic heterocycles. The predicted octanol–water partition coefficient (Wildman–Crippen LogP) is 6.77. The molecule has 0 spiro atoms. The monoisotopic (exact) mass is 767 g/mol. The maximum absolute atomic E-state index is 17.2. The van der Waals surface area contributed by atoms with E-state index in [-0.39, 0.29) is 71.8 Å². The first-order valence-corrected chi connectivity index (χ1v) is 19.3. The summed E-state index contributed by atoms with van der Waals surface area (Å²) in [4.78, 5) is 47.4. The summed E-state index contributed by atoms with van der Waals surface area (Å²) in [6.45, 7) is 7.85. The van der Waals surface area contributed by atoms with Crippen LogP contribution >= 0.6 is 0 Å². The van der Waals surface area contributed by atoms with Gasteiger partial charge in [-0.25, -0.2) is 18.4 Å². The van der Waals surface area contributed by atoms with Gasteiger partial charge in [-0.05, 0) is 77.3 Å². The van der Waals surface area contributed by atoms with E-state index >= 15 is 4.39 Å². The van der Waals surface area contributed by atoms with E-state index in [1.54, 1.807) is 44.6 Å². The number of anilines is 1. The first-order valence-electron chi connectivity index (χ1n) is 19.3. The van der Waals surface area contributed by atoms with Crippen molar-refractivity contribution in [2.24, 2.45) is 0 Å². The first-order chi connectivity index (χ1) is 26.8. The highest BCUT2D eigenvalue weighted by Gasteiger charge is 2.50. The van der Waals surface area contributed by atoms with Crippen LogP contribution in [-0.4, -0.2) is 118 Å². The largest absolute Gasteiger partial charge is 0.461 e. The topological polar surface area (TPSA) is 113 Å². The van der Waals surface area contributed by atoms with E-state index in [4.69, 9.17) is 30.6 Å². The SMILES string of the molecule is C#Cc1c(F)ccc2cccc(-c3ncc4c(N5CC6CCC(C5)N6C(=O)OC(C)(C)C)nc(OCC56CCCN5[C@@H](COC(=O)N(C)C)CC6)nc4c3F)c12. The third-order valence-corrected chi connectivity index (χ3v) is 11.7. The maximum Gasteiger partial charge on any atom is 0.410 e. The fourth-order valence-electron chi connectivity index (χ4n) is 9.18. The number of pyridine rings is 1. The molecule has 12 nitrogen and oxygen atoms in total. The number of terminal acetylenes is 1. The minimum Gasteiger partial charge on any atom is -0.461 e. The van der Waals surface area contributed by atoms with Crippen LogP contribution < -0.4 is 9.64 Å². The van der Waals surface area contributed by atoms with Gasteiger partial charge >= 0.3 is 18.2 Å². The summed E-state index contributed by atoms with van der Waals surface area (Å²) in [5, 5.41) is 1.42. The van der Waals surface area contributed by atoms with Crippen molar-refractivity contribution in [2.45, 2.75) is 88.6 Å². The fourth-order valence-corrected chi connectivity index (χ4v) is 9.18. The molecule has 0 aliphatic carbocycles. The van der Waals surface area contributed by atoms with E-state index in [9.17, 15) is 14.0 Å². The van der Waals surface area contributed by atoms with Gasteiger partial charge in [-0.2, -0.15) is 9.97 Å². The second kappa shape index (κ2) is 14.3. The van der Waals surface area contributed by atoms with Gasteiger partial charge in [-0.3, -0.25) is 14.8 Å². The van der Waals surface area contributed by atoms with Crippen LogP contribution in [-0.2, 0) is 9.47 Å². The Morgan fingerprint density at radius 1 is 1.05 bits per heavy atom. The number of piperazine rings is 1. The molecule has 4 aliphatic heterocycles. The Bertz CT molecular complexity index is 2240. The third kappa shape index (κ3) is 6.69. The molecule has 3 unspecified atom stereocenters. The van der Waals surface area contributed by atoms with E-state index in [0.717, 1.165) is 45.1 Å². The number of hydrogen-bond donors (Lipinski definition) is 0. The highest BCUT2D eigenvalue weighted by Crippen LogP contribution is 2.44. The summed E-state index contributed by atoms with van der Waals surface area (Å²) in [5.74, 6) is 1.60. The normalized spacial score (nSPS) is 23.4. The van der Waals surface area contributed by atoms with E-state index in [1.807, 2.05) is 25.7 Å². The number of benzene rings is 2. The summed E-state index contributed by atoms with van der Waals surface area (Å²) >= 11 is 0. The van der Waals surface area contributed by atoms with Crippen LogP contribution in [0.3, 0.4) is 0 Å². The molecule has 0 N–H and O–H groups in total. The Morgan fingerprint density at radius 2 is 1.82 bits per heavy atom. The van der Waals surface area contributed by atoms with Gasteiger partial charge in [0.15, 0.2) is 5.82 Å². The van der Waals surface area contributed by atoms with Gasteiger partial charge in [0.2, 0.25) is 0 Å². The van der Waals surface area contributed by atoms with Gasteiger partial charge in [0.25, 0.3) is 0 Å². The lowest BCUT2D eigenvalue weighted by Gasteiger charge is -2.42. The predicted molar refractivity (Wildman–Crippen MR) is 207 cm³/mol. The van der Waals surface area contributed by atoms with Crippen LogP contribution in [0.15, 0.2) is 36.5 Å². The Morgan fingerprint density at radius 3 is 2.54 bits per heavy atom. The number of aromatic nitrogens is 3. The molecule has 4 aromatic rings. The van der Waals surface area contributed by atoms with E-state index in [1.165, 1.54) is 11.0 Å². The lowest BCUT2D eigenvalue weighted by atomic mass is 9.95. The number of hydrogen-bond acceptors (Lipinski definition) is 10. The van der Waals surface area contributed by atoms with Gasteiger partial charge in [-0.15, -0.1) is 6.42 Å². The summed E-state index contributed by atoms with van der Waals surface area (Å²) in [6, 6.07) is 7.94. The Kier molecular flexibility index (Phi) is 9.63. The highest BCUT2D eigenvalue weighted by atomic mass is 19.1. The molecule has 2 amide bonds. The molecular weight excluding hydrogens is 721 g/mol. The average molecular weight is 768 g/mol. The second-order valence-corrected chi connectivity index (χ2v) is 16.6. The molecule has 4 atom stereocenters. The quantitative estimate of drug-likeness (QED) is 0.187. The van der Waals surface area contributed by atoms with Crippen LogP contribution in [0.2, 0.25) is 0 Å². The van der Waals surface area contributed by atoms with Crippen LogP contribution in [0.4, 0.5) is 24.2 Å². The fraction of sp³-hybridized carbons (Fsp3) is 0.500. The lowest BCUT2D eigenvalue weighted by Crippen LogP contribution is -2.57. The van der Waals surface area contributed by atoms with Crippen molar-refractivity contribution >= 4 is 39.7 Å². The summed E-state index contributed by atoms with van der Waals surface area (Å²) in [7, 11) is 3.32. The molecule has 4 fully saturated rings. The molecule has 2 aromatic carbocycles. The molecule has 4 saturated heterocycles. The standard InChI is InChI=1S/C42H47F2N7O5/c1-7-29-32(43)15-12-25-10-8-11-30(33(25)29)35-34(44)36-31(20-45-35)37(49-21-26-13-14-27(22-49)51(26)40(53)56-41(2,3)4)47-38(46-36)55-24-42-17-9-19-50(42)28(16-18-42)23-54-39(52)48(5)6/h1,8,10-12,15,20,26-28H,9,13-14,16-19,21-24H2,2-6H3/t26?,27?,28-,42?/m1/s1. The number of carbonyl (C=O) groups is 2. The van der Waals surface area contributed by atoms with Crippen LogP contribution in [0.5, 0.6) is 6.01 Å². The van der Waals surface area contributed by atoms with Gasteiger partial charge in [0.1, 0.15) is 41.7 Å². The molecule has 294 valence electrons. The number of halogens is 2. The number of amides is 2. The maximum atomic E-state index is 17.2. The number of nitrogens with zero attached hydrogens (tertiary/aromatic N) is 7. The van der Waals surface area contributed by atoms with E-state index in [2.05, 4.69) is 20.7 Å². The molecule has 0 saturated carbocycles. The zero-order valence-corrected chi connectivity index (χ0v) is 32.5. The second-order valence-electron chi connectivity index (χ2n) is 16.6. The Hall–Kier alpha value is -5.29. The van der Waals surface area contributed by atoms with Gasteiger partial charge < -0.3 is 24.0 Å². The van der Waals surface area contributed by atoms with E-state index in [0.29, 0.717) is 40.6 Å². The van der Waals surface area contributed by atoms with Crippen molar-refractivity contribution < 1.29 is 32.6 Å². The van der Waals surface area contributed by atoms with E-state index < -0.39 is 17.2 Å². The molecule has 56 heavy (non-hydrogen) atoms. The minimum absolute atomic E-state index is 0.00765. The Labute approximate surface area is 325 Å². The zero-order chi connectivity index (χ0) is 39.5. The minimum atomic E-state index is -0.713. The summed E-state index contributed by atoms with van der Waals surface area (Å²) in [5.41, 5.74) is -0.599. The lowest BCUT2D eigenvalue weighted by molar-refractivity contribution is 0.0122. The van der Waals surface area contributed by atoms with Crippen LogP contribution in [0.25, 0.3) is 32.9 Å². The number of carbonyl (C=O) groups excluding carboxylic acids is 2. The van der Waals surface area contributed by atoms with Crippen LogP contribution in [0.1, 0.15) is 64.9 Å². The highest BCUT2D eigenvalue weighted by molar-refractivity contribution is 6.02. The summed E-state index contributed by atoms with van der Waals surface area (Å²) < 4.78 is 50.0. The smallest absolute Gasteiger partial charge is 0.410 e. The van der Waals surface area contributed by atoms with Crippen molar-refractivity contribution in [1.29, 1.82) is 0 Å². The molecular formula is C42H47F2N7O5. The van der Waals surface area contributed by atoms with Gasteiger partial charge in [0.05, 0.1) is 28.6 Å². The number of rotatable bonds is 7. The van der Waals surface area contributed by atoms with Gasteiger partial charge in [-0.1, -0.05) is 30.2 Å². The molecule has 14 heteroatoms. The first kappa shape index (κ1) is 37.6. The molecule has 6 heterocycles. The van der Waals surface area contributed by atoms with Crippen molar-refractivity contribution in [2.75, 3.05) is 51.8 Å². The molecule has 8 rings (SSSR count). The molecule has 2 bridgehead atoms. The average Bonchev–Trinajstić information content (AvgIpc) is 3.81. The third-order valence-electron chi connectivity index (χ3n) is 11.7. The number of fused-ring (bicyclic) bond motifs is 5. The van der Waals surface area contributed by atoms with Crippen LogP contribution in [0, 0.1) is 24.0 Å².